The van der Waals surface area contributed by atoms with Gasteiger partial charge in [0.15, 0.2) is 12.2 Å². The third-order valence-electron chi connectivity index (χ3n) is 14.3. The van der Waals surface area contributed by atoms with Crippen molar-refractivity contribution in [2.45, 2.75) is 61.9 Å². The molecule has 4 aromatic heterocycles. The second kappa shape index (κ2) is 20.9. The van der Waals surface area contributed by atoms with Crippen LogP contribution in [-0.2, 0) is 30.3 Å². The van der Waals surface area contributed by atoms with E-state index in [1.807, 2.05) is 131 Å². The molecule has 0 unspecified atom stereocenters. The molecule has 10 nitrogen and oxygen atoms in total. The maximum atomic E-state index is 13.4. The van der Waals surface area contributed by atoms with Gasteiger partial charge in [-0.15, -0.1) is 45.3 Å². The van der Waals surface area contributed by atoms with Crippen molar-refractivity contribution in [2.24, 2.45) is 11.8 Å². The molecule has 2 atom stereocenters. The lowest BCUT2D eigenvalue weighted by atomic mass is 9.83. The number of benzene rings is 2. The number of fused-ring (bicyclic) bond motifs is 6. The topological polar surface area (TPSA) is 112 Å². The van der Waals surface area contributed by atoms with Gasteiger partial charge < -0.3 is 38.1 Å². The fourth-order valence-corrected chi connectivity index (χ4v) is 14.0. The quantitative estimate of drug-likeness (QED) is 0.0499. The summed E-state index contributed by atoms with van der Waals surface area (Å²) in [6, 6.07) is 34.5. The highest BCUT2D eigenvalue weighted by molar-refractivity contribution is 7.12. The van der Waals surface area contributed by atoms with Crippen molar-refractivity contribution >= 4 is 57.3 Å². The number of thiophene rings is 4. The Hall–Kier alpha value is -4.38. The van der Waals surface area contributed by atoms with Crippen molar-refractivity contribution in [2.75, 3.05) is 65.6 Å². The molecule has 6 fully saturated rings. The molecule has 6 aromatic rings. The molecule has 4 bridgehead atoms. The summed E-state index contributed by atoms with van der Waals surface area (Å²) in [5, 5.41) is 30.7. The summed E-state index contributed by atoms with van der Waals surface area (Å²) in [5.41, 5.74) is -3.47. The van der Waals surface area contributed by atoms with E-state index in [1.165, 1.54) is 45.3 Å². The van der Waals surface area contributed by atoms with Gasteiger partial charge >= 0.3 is 11.9 Å². The summed E-state index contributed by atoms with van der Waals surface area (Å²) in [5.74, 6) is 1.48. The normalized spacial score (nSPS) is 24.5. The summed E-state index contributed by atoms with van der Waals surface area (Å²) < 4.78 is 26.0. The SMILES string of the molecule is O=C(O[C@H]1C[N+]2(CCCOc3ccccc3)CCC1CC2)C(O)(c1cccs1)c1cccs1.O=C(O[C@H]1C[N+]2(CCCOc3ccccc3)CCC1CC2)C(O)(c1cccs1)c1cccs1. The van der Waals surface area contributed by atoms with Crippen molar-refractivity contribution in [3.63, 3.8) is 0 Å². The Morgan fingerprint density at radius 1 is 0.500 bits per heavy atom. The Balaban J connectivity index is 0.000000166. The van der Waals surface area contributed by atoms with Crippen LogP contribution in [0.3, 0.4) is 0 Å². The van der Waals surface area contributed by atoms with Gasteiger partial charge in [-0.2, -0.15) is 0 Å². The minimum atomic E-state index is -1.73. The molecule has 0 saturated carbocycles. The smallest absolute Gasteiger partial charge is 0.349 e. The van der Waals surface area contributed by atoms with E-state index in [2.05, 4.69) is 0 Å². The van der Waals surface area contributed by atoms with Crippen LogP contribution < -0.4 is 9.47 Å². The Bertz CT molecular complexity index is 2160. The molecule has 6 aliphatic heterocycles. The molecule has 66 heavy (non-hydrogen) atoms. The van der Waals surface area contributed by atoms with Crippen LogP contribution in [0.5, 0.6) is 11.5 Å². The summed E-state index contributed by atoms with van der Waals surface area (Å²) in [4.78, 5) is 29.3. The maximum Gasteiger partial charge on any atom is 0.349 e. The first-order valence-corrected chi connectivity index (χ1v) is 26.8. The molecule has 10 heterocycles. The zero-order valence-electron chi connectivity index (χ0n) is 37.2. The number of nitrogens with zero attached hydrogens (tertiary/aromatic N) is 2. The zero-order valence-corrected chi connectivity index (χ0v) is 40.5. The summed E-state index contributed by atoms with van der Waals surface area (Å²) >= 11 is 5.53. The molecular weight excluding hydrogens is 909 g/mol. The summed E-state index contributed by atoms with van der Waals surface area (Å²) in [6.07, 6.45) is 5.88. The predicted octanol–water partition coefficient (Wildman–Crippen LogP) is 9.33. The van der Waals surface area contributed by atoms with Crippen molar-refractivity contribution in [1.82, 2.24) is 0 Å². The van der Waals surface area contributed by atoms with E-state index in [9.17, 15) is 19.8 Å². The van der Waals surface area contributed by atoms with Crippen LogP contribution in [0.25, 0.3) is 0 Å². The fourth-order valence-electron chi connectivity index (χ4n) is 10.6. The highest BCUT2D eigenvalue weighted by Crippen LogP contribution is 2.42. The highest BCUT2D eigenvalue weighted by atomic mass is 32.1. The summed E-state index contributed by atoms with van der Waals surface area (Å²) in [7, 11) is 0. The van der Waals surface area contributed by atoms with E-state index in [0.717, 1.165) is 111 Å². The third kappa shape index (κ3) is 10.2. The van der Waals surface area contributed by atoms with Gasteiger partial charge in [-0.25, -0.2) is 9.59 Å². The lowest BCUT2D eigenvalue weighted by molar-refractivity contribution is -0.946. The predicted molar refractivity (Wildman–Crippen MR) is 261 cm³/mol. The minimum Gasteiger partial charge on any atom is -0.493 e. The number of hydrogen-bond acceptors (Lipinski definition) is 12. The standard InChI is InChI=1S/2C26H30NO4S2/c2*28-25(26(29,23-9-4-17-32-23)24-10-5-18-33-24)31-22-19-27(14-11-20(22)12-15-27)13-6-16-30-21-7-2-1-3-8-21/h2*1-5,7-10,17-18,20,22,29H,6,11-16,19H2/q2*+1/t2*20?,22-,27?/m00/s1. The number of esters is 2. The van der Waals surface area contributed by atoms with Crippen LogP contribution >= 0.6 is 45.3 Å². The highest BCUT2D eigenvalue weighted by Gasteiger charge is 2.53. The second-order valence-corrected chi connectivity index (χ2v) is 22.1. The molecule has 0 spiro atoms. The van der Waals surface area contributed by atoms with Gasteiger partial charge in [0.1, 0.15) is 24.6 Å². The number of para-hydroxylation sites is 2. The van der Waals surface area contributed by atoms with Crippen molar-refractivity contribution < 1.29 is 47.7 Å². The first-order valence-electron chi connectivity index (χ1n) is 23.3. The lowest BCUT2D eigenvalue weighted by Gasteiger charge is -2.52. The van der Waals surface area contributed by atoms with Gasteiger partial charge in [-0.3, -0.25) is 0 Å². The van der Waals surface area contributed by atoms with E-state index in [0.29, 0.717) is 44.6 Å². The number of ether oxygens (including phenoxy) is 4. The van der Waals surface area contributed by atoms with E-state index in [-0.39, 0.29) is 12.2 Å². The van der Waals surface area contributed by atoms with Crippen LogP contribution in [-0.4, -0.2) is 109 Å². The number of aliphatic hydroxyl groups is 2. The zero-order chi connectivity index (χ0) is 45.5. The Labute approximate surface area is 403 Å². The summed E-state index contributed by atoms with van der Waals surface area (Å²) in [6.45, 7) is 9.59. The van der Waals surface area contributed by atoms with E-state index in [1.54, 1.807) is 0 Å². The monoisotopic (exact) mass is 968 g/mol. The Morgan fingerprint density at radius 3 is 1.14 bits per heavy atom. The number of carbonyl (C=O) groups excluding carboxylic acids is 2. The molecule has 6 saturated heterocycles. The van der Waals surface area contributed by atoms with Crippen LogP contribution in [0.2, 0.25) is 0 Å². The van der Waals surface area contributed by atoms with Crippen LogP contribution in [0.1, 0.15) is 58.0 Å². The molecule has 0 amide bonds. The first kappa shape index (κ1) is 46.7. The van der Waals surface area contributed by atoms with Gasteiger partial charge in [0.05, 0.1) is 72.0 Å². The molecule has 2 aromatic carbocycles. The molecule has 348 valence electrons. The van der Waals surface area contributed by atoms with E-state index in [4.69, 9.17) is 18.9 Å². The van der Waals surface area contributed by atoms with Crippen LogP contribution in [0.4, 0.5) is 0 Å². The number of carbonyl (C=O) groups is 2. The van der Waals surface area contributed by atoms with Gasteiger partial charge in [0, 0.05) is 50.4 Å². The second-order valence-electron chi connectivity index (χ2n) is 18.3. The largest absolute Gasteiger partial charge is 0.493 e. The van der Waals surface area contributed by atoms with Gasteiger partial charge in [-0.05, 0) is 70.1 Å². The van der Waals surface area contributed by atoms with Crippen LogP contribution in [0.15, 0.2) is 131 Å². The maximum absolute atomic E-state index is 13.4. The average molecular weight is 969 g/mol. The van der Waals surface area contributed by atoms with Gasteiger partial charge in [0.2, 0.25) is 11.2 Å². The van der Waals surface area contributed by atoms with Crippen LogP contribution in [0, 0.1) is 11.8 Å². The minimum absolute atomic E-state index is 0.151. The number of hydrogen-bond donors (Lipinski definition) is 2. The number of quaternary nitrogens is 2. The first-order chi connectivity index (χ1) is 32.2. The molecule has 6 aliphatic rings. The van der Waals surface area contributed by atoms with Crippen molar-refractivity contribution in [1.29, 1.82) is 0 Å². The van der Waals surface area contributed by atoms with Crippen molar-refractivity contribution in [3.05, 3.63) is 150 Å². The third-order valence-corrected chi connectivity index (χ3v) is 18.2. The average Bonchev–Trinajstić information content (AvgIpc) is 4.23. The van der Waals surface area contributed by atoms with Crippen molar-refractivity contribution in [3.8, 4) is 11.5 Å². The number of rotatable bonds is 18. The van der Waals surface area contributed by atoms with E-state index >= 15 is 0 Å². The Morgan fingerprint density at radius 2 is 0.833 bits per heavy atom. The number of piperidine rings is 6. The molecule has 0 aliphatic carbocycles. The van der Waals surface area contributed by atoms with Gasteiger partial charge in [0.25, 0.3) is 0 Å². The molecule has 14 heteroatoms. The van der Waals surface area contributed by atoms with Gasteiger partial charge in [-0.1, -0.05) is 60.7 Å². The Kier molecular flexibility index (Phi) is 14.8. The molecule has 2 N–H and O–H groups in total. The molecule has 0 radical (unpaired) electrons. The lowest BCUT2D eigenvalue weighted by Crippen LogP contribution is -2.65. The fraction of sp³-hybridized carbons (Fsp3) is 0.423. The van der Waals surface area contributed by atoms with E-state index < -0.39 is 23.1 Å². The molecular formula is C52H60N2O8S4+2. The molecule has 12 rings (SSSR count).